The van der Waals surface area contributed by atoms with Gasteiger partial charge in [0.25, 0.3) is 0 Å². The topological polar surface area (TPSA) is 53.6 Å². The average molecular weight is 204 g/mol. The van der Waals surface area contributed by atoms with Crippen molar-refractivity contribution in [2.45, 2.75) is 32.4 Å². The fraction of sp³-hybridized carbons (Fsp3) is 0.455. The van der Waals surface area contributed by atoms with Gasteiger partial charge in [0.1, 0.15) is 0 Å². The lowest BCUT2D eigenvalue weighted by atomic mass is 10.1. The van der Waals surface area contributed by atoms with E-state index in [2.05, 4.69) is 30.0 Å². The number of rotatable bonds is 6. The van der Waals surface area contributed by atoms with Crippen molar-refractivity contribution in [2.75, 3.05) is 0 Å². The van der Waals surface area contributed by atoms with Crippen molar-refractivity contribution in [2.24, 2.45) is 0 Å². The minimum Gasteiger partial charge on any atom is -0.309 e. The van der Waals surface area contributed by atoms with Crippen LogP contribution in [0.3, 0.4) is 0 Å². The second kappa shape index (κ2) is 5.99. The van der Waals surface area contributed by atoms with E-state index in [0.717, 1.165) is 18.5 Å². The summed E-state index contributed by atoms with van der Waals surface area (Å²) in [5.41, 5.74) is 1.10. The summed E-state index contributed by atoms with van der Waals surface area (Å²) < 4.78 is 1.67. The lowest BCUT2D eigenvalue weighted by Gasteiger charge is -2.11. The molecule has 0 aliphatic carbocycles. The zero-order valence-electron chi connectivity index (χ0n) is 8.98. The van der Waals surface area contributed by atoms with Gasteiger partial charge in [-0.1, -0.05) is 13.5 Å². The largest absolute Gasteiger partial charge is 0.309 e. The number of hydrogen-bond acceptors (Lipinski definition) is 3. The van der Waals surface area contributed by atoms with Crippen molar-refractivity contribution in [3.63, 3.8) is 0 Å². The zero-order valence-corrected chi connectivity index (χ0v) is 8.98. The van der Waals surface area contributed by atoms with Gasteiger partial charge in [-0.15, -0.1) is 0 Å². The maximum absolute atomic E-state index is 8.59. The van der Waals surface area contributed by atoms with Crippen molar-refractivity contribution in [3.05, 3.63) is 24.5 Å². The van der Waals surface area contributed by atoms with Gasteiger partial charge in [0.2, 0.25) is 0 Å². The van der Waals surface area contributed by atoms with Crippen LogP contribution in [0.25, 0.3) is 6.20 Å². The van der Waals surface area contributed by atoms with E-state index in [4.69, 9.17) is 5.26 Å². The van der Waals surface area contributed by atoms with Gasteiger partial charge in [-0.3, -0.25) is 0 Å². The summed E-state index contributed by atoms with van der Waals surface area (Å²) >= 11 is 0. The quantitative estimate of drug-likeness (QED) is 0.768. The number of nitrogens with one attached hydrogen (secondary N) is 1. The molecule has 4 heteroatoms. The van der Waals surface area contributed by atoms with Gasteiger partial charge in [0, 0.05) is 30.5 Å². The Bertz CT molecular complexity index is 348. The highest BCUT2D eigenvalue weighted by Gasteiger charge is 2.05. The van der Waals surface area contributed by atoms with Crippen LogP contribution < -0.4 is 5.32 Å². The van der Waals surface area contributed by atoms with Gasteiger partial charge in [-0.25, -0.2) is 4.68 Å². The third kappa shape index (κ3) is 3.56. The standard InChI is InChI=1S/C11H16N4/c1-3-11(5-6-12)13-7-10-8-14-15(4-2)9-10/h4,8-9,11,13H,2-3,5,7H2,1H3. The number of aromatic nitrogens is 2. The van der Waals surface area contributed by atoms with Crippen LogP contribution in [-0.2, 0) is 6.54 Å². The van der Waals surface area contributed by atoms with E-state index >= 15 is 0 Å². The predicted molar refractivity (Wildman–Crippen MR) is 59.8 cm³/mol. The van der Waals surface area contributed by atoms with Crippen molar-refractivity contribution in [1.29, 1.82) is 5.26 Å². The minimum absolute atomic E-state index is 0.266. The van der Waals surface area contributed by atoms with E-state index in [9.17, 15) is 0 Å². The summed E-state index contributed by atoms with van der Waals surface area (Å²) in [5.74, 6) is 0. The first-order valence-corrected chi connectivity index (χ1v) is 5.06. The summed E-state index contributed by atoms with van der Waals surface area (Å²) in [6.07, 6.45) is 6.87. The number of hydrogen-bond donors (Lipinski definition) is 1. The molecule has 15 heavy (non-hydrogen) atoms. The van der Waals surface area contributed by atoms with Crippen molar-refractivity contribution in [3.8, 4) is 6.07 Å². The molecule has 0 bridgehead atoms. The molecule has 1 rings (SSSR count). The first-order chi connectivity index (χ1) is 7.30. The summed E-state index contributed by atoms with van der Waals surface area (Å²) in [6, 6.07) is 2.44. The Morgan fingerprint density at radius 2 is 2.60 bits per heavy atom. The van der Waals surface area contributed by atoms with E-state index in [1.807, 2.05) is 6.20 Å². The smallest absolute Gasteiger partial charge is 0.0638 e. The monoisotopic (exact) mass is 204 g/mol. The van der Waals surface area contributed by atoms with E-state index in [1.165, 1.54) is 0 Å². The molecule has 1 heterocycles. The fourth-order valence-corrected chi connectivity index (χ4v) is 1.30. The van der Waals surface area contributed by atoms with E-state index in [1.54, 1.807) is 17.1 Å². The third-order valence-electron chi connectivity index (χ3n) is 2.27. The molecule has 0 amide bonds. The van der Waals surface area contributed by atoms with Crippen LogP contribution in [0, 0.1) is 11.3 Å². The van der Waals surface area contributed by atoms with E-state index in [0.29, 0.717) is 6.42 Å². The predicted octanol–water partition coefficient (Wildman–Crippen LogP) is 1.77. The molecule has 1 N–H and O–H groups in total. The Balaban J connectivity index is 2.42. The lowest BCUT2D eigenvalue weighted by molar-refractivity contribution is 0.505. The summed E-state index contributed by atoms with van der Waals surface area (Å²) in [5, 5.41) is 16.0. The van der Waals surface area contributed by atoms with Gasteiger partial charge in [0.05, 0.1) is 18.7 Å². The molecule has 0 aliphatic rings. The SMILES string of the molecule is C=Cn1cc(CNC(CC)CC#N)cn1. The van der Waals surface area contributed by atoms with Crippen LogP contribution in [0.2, 0.25) is 0 Å². The molecule has 1 unspecified atom stereocenters. The van der Waals surface area contributed by atoms with Crippen LogP contribution in [0.1, 0.15) is 25.3 Å². The third-order valence-corrected chi connectivity index (χ3v) is 2.27. The minimum atomic E-state index is 0.266. The molecule has 1 aromatic rings. The number of nitrogens with zero attached hydrogens (tertiary/aromatic N) is 3. The maximum atomic E-state index is 8.59. The molecule has 80 valence electrons. The second-order valence-corrected chi connectivity index (χ2v) is 3.36. The van der Waals surface area contributed by atoms with Gasteiger partial charge >= 0.3 is 0 Å². The number of nitriles is 1. The molecule has 0 spiro atoms. The van der Waals surface area contributed by atoms with Gasteiger partial charge in [-0.05, 0) is 6.42 Å². The molecule has 0 saturated heterocycles. The highest BCUT2D eigenvalue weighted by atomic mass is 15.2. The van der Waals surface area contributed by atoms with Gasteiger partial charge in [0.15, 0.2) is 0 Å². The second-order valence-electron chi connectivity index (χ2n) is 3.36. The van der Waals surface area contributed by atoms with Crippen molar-refractivity contribution in [1.82, 2.24) is 15.1 Å². The molecular formula is C11H16N4. The Morgan fingerprint density at radius 1 is 1.80 bits per heavy atom. The molecule has 0 aromatic carbocycles. The first-order valence-electron chi connectivity index (χ1n) is 5.06. The Hall–Kier alpha value is -1.60. The van der Waals surface area contributed by atoms with E-state index in [-0.39, 0.29) is 6.04 Å². The van der Waals surface area contributed by atoms with Gasteiger partial charge < -0.3 is 5.32 Å². The molecule has 0 fully saturated rings. The molecule has 4 nitrogen and oxygen atoms in total. The highest BCUT2D eigenvalue weighted by molar-refractivity contribution is 5.17. The van der Waals surface area contributed by atoms with Crippen molar-refractivity contribution < 1.29 is 0 Å². The van der Waals surface area contributed by atoms with E-state index < -0.39 is 0 Å². The summed E-state index contributed by atoms with van der Waals surface area (Å²) in [6.45, 7) is 6.44. The zero-order chi connectivity index (χ0) is 11.1. The summed E-state index contributed by atoms with van der Waals surface area (Å²) in [4.78, 5) is 0. The first kappa shape index (κ1) is 11.5. The maximum Gasteiger partial charge on any atom is 0.0638 e. The van der Waals surface area contributed by atoms with Crippen LogP contribution in [0.15, 0.2) is 19.0 Å². The van der Waals surface area contributed by atoms with Crippen LogP contribution in [0.5, 0.6) is 0 Å². The van der Waals surface area contributed by atoms with Gasteiger partial charge in [-0.2, -0.15) is 10.4 Å². The molecule has 1 atom stereocenters. The fourth-order valence-electron chi connectivity index (χ4n) is 1.30. The average Bonchev–Trinajstić information content (AvgIpc) is 2.72. The Kier molecular flexibility index (Phi) is 4.58. The van der Waals surface area contributed by atoms with Crippen LogP contribution in [0.4, 0.5) is 0 Å². The van der Waals surface area contributed by atoms with Crippen LogP contribution in [-0.4, -0.2) is 15.8 Å². The highest BCUT2D eigenvalue weighted by Crippen LogP contribution is 2.01. The molecular weight excluding hydrogens is 188 g/mol. The Morgan fingerprint density at radius 3 is 3.13 bits per heavy atom. The normalized spacial score (nSPS) is 12.0. The van der Waals surface area contributed by atoms with Crippen molar-refractivity contribution >= 4 is 6.20 Å². The molecule has 1 aromatic heterocycles. The lowest BCUT2D eigenvalue weighted by Crippen LogP contribution is -2.27. The van der Waals surface area contributed by atoms with Crippen LogP contribution >= 0.6 is 0 Å². The molecule has 0 radical (unpaired) electrons. The molecule has 0 saturated carbocycles. The molecule has 0 aliphatic heterocycles. The summed E-state index contributed by atoms with van der Waals surface area (Å²) in [7, 11) is 0. The Labute approximate surface area is 90.2 Å².